The number of benzene rings is 1. The average Bonchev–Trinajstić information content (AvgIpc) is 2.71. The number of ether oxygens (including phenoxy) is 2. The minimum absolute atomic E-state index is 0.0916. The first-order valence-corrected chi connectivity index (χ1v) is 12.5. The van der Waals surface area contributed by atoms with Crippen LogP contribution in [0.5, 0.6) is 5.75 Å². The third kappa shape index (κ3) is 3.65. The summed E-state index contributed by atoms with van der Waals surface area (Å²) in [4.78, 5) is 7.39. The molecule has 0 radical (unpaired) electrons. The molecule has 2 unspecified atom stereocenters. The normalized spacial score (nSPS) is 32.7. The van der Waals surface area contributed by atoms with Crippen molar-refractivity contribution in [2.45, 2.75) is 69.9 Å². The molecule has 2 aromatic rings. The van der Waals surface area contributed by atoms with E-state index in [4.69, 9.17) is 9.47 Å². The van der Waals surface area contributed by atoms with Gasteiger partial charge in [0.15, 0.2) is 0 Å². The van der Waals surface area contributed by atoms with Gasteiger partial charge in [-0.05, 0) is 89.1 Å². The van der Waals surface area contributed by atoms with Crippen LogP contribution < -0.4 is 4.74 Å². The molecule has 1 aromatic heterocycles. The molecule has 3 aliphatic heterocycles. The smallest absolute Gasteiger partial charge is 0.119 e. The fourth-order valence-corrected chi connectivity index (χ4v) is 7.86. The minimum atomic E-state index is -0.391. The van der Waals surface area contributed by atoms with Crippen molar-refractivity contribution < 1.29 is 9.47 Å². The monoisotopic (exact) mass is 438 g/mol. The van der Waals surface area contributed by atoms with Crippen molar-refractivity contribution in [1.82, 2.24) is 9.88 Å². The maximum absolute atomic E-state index is 7.13. The Labute approximate surface area is 190 Å². The summed E-state index contributed by atoms with van der Waals surface area (Å²) in [6, 6.07) is 8.90. The summed E-state index contributed by atoms with van der Waals surface area (Å²) in [5.74, 6) is 2.08. The topological polar surface area (TPSA) is 34.6 Å². The van der Waals surface area contributed by atoms with Crippen LogP contribution in [0.25, 0.3) is 10.9 Å². The predicted octanol–water partition coefficient (Wildman–Crippen LogP) is 4.25. The van der Waals surface area contributed by atoms with Gasteiger partial charge in [-0.2, -0.15) is 0 Å². The third-order valence-electron chi connectivity index (χ3n) is 7.79. The summed E-state index contributed by atoms with van der Waals surface area (Å²) in [5, 5.41) is 0.746. The number of fused-ring (bicyclic) bond motifs is 4. The molecule has 3 aliphatic rings. The Balaban J connectivity index is 1.94. The Morgan fingerprint density at radius 2 is 2.03 bits per heavy atom. The molecule has 4 heterocycles. The molecule has 0 aliphatic carbocycles. The number of hydrogen-bond donors (Lipinski definition) is 0. The number of piperidine rings is 3. The van der Waals surface area contributed by atoms with Gasteiger partial charge in [-0.15, -0.1) is 6.58 Å². The number of aromatic nitrogens is 1. The van der Waals surface area contributed by atoms with Gasteiger partial charge in [0.25, 0.3) is 0 Å². The molecule has 31 heavy (non-hydrogen) atoms. The molecule has 168 valence electrons. The fourth-order valence-electron chi connectivity index (χ4n) is 6.32. The van der Waals surface area contributed by atoms with Crippen molar-refractivity contribution in [3.63, 3.8) is 0 Å². The standard InChI is InChI=1S/C26H38N2O2Si/c1-8-18-16-28-17(2)13-19(18)15-25(28,6)26(31,30-24(3,4)5)22-11-12-27-23-10-9-20(29-7)14-21(22)23/h8-12,14,17-19H,1,13,15-16H2,2-7,31H3/t17?,18-,19-,25+,26+/m0/s1. The van der Waals surface area contributed by atoms with Gasteiger partial charge in [-0.1, -0.05) is 6.08 Å². The molecule has 1 aromatic carbocycles. The highest BCUT2D eigenvalue weighted by atomic mass is 28.1. The summed E-state index contributed by atoms with van der Waals surface area (Å²) in [6.45, 7) is 16.6. The number of hydrogen-bond acceptors (Lipinski definition) is 4. The zero-order valence-corrected chi connectivity index (χ0v) is 22.2. The zero-order chi connectivity index (χ0) is 22.6. The van der Waals surface area contributed by atoms with Crippen molar-refractivity contribution in [2.75, 3.05) is 13.7 Å². The summed E-state index contributed by atoms with van der Waals surface area (Å²) in [6.07, 6.45) is 6.49. The number of pyridine rings is 1. The Morgan fingerprint density at radius 1 is 1.29 bits per heavy atom. The summed E-state index contributed by atoms with van der Waals surface area (Å²) in [7, 11) is 2.59. The van der Waals surface area contributed by atoms with E-state index in [2.05, 4.69) is 75.4 Å². The van der Waals surface area contributed by atoms with E-state index in [1.54, 1.807) is 7.11 Å². The Morgan fingerprint density at radius 3 is 2.65 bits per heavy atom. The van der Waals surface area contributed by atoms with Gasteiger partial charge >= 0.3 is 0 Å². The lowest BCUT2D eigenvalue weighted by Gasteiger charge is -2.65. The van der Waals surface area contributed by atoms with Crippen LogP contribution in [-0.4, -0.2) is 51.0 Å². The molecule has 4 nitrogen and oxygen atoms in total. The number of rotatable bonds is 5. The van der Waals surface area contributed by atoms with E-state index < -0.39 is 5.22 Å². The molecule has 0 spiro atoms. The highest BCUT2D eigenvalue weighted by molar-refractivity contribution is 6.17. The van der Waals surface area contributed by atoms with Gasteiger partial charge in [-0.25, -0.2) is 0 Å². The van der Waals surface area contributed by atoms with Crippen molar-refractivity contribution in [1.29, 1.82) is 0 Å². The Kier molecular flexibility index (Phi) is 5.60. The largest absolute Gasteiger partial charge is 0.497 e. The number of methoxy groups -OCH3 is 1. The van der Waals surface area contributed by atoms with Gasteiger partial charge in [-0.3, -0.25) is 9.88 Å². The first-order valence-electron chi connectivity index (χ1n) is 11.5. The van der Waals surface area contributed by atoms with Gasteiger partial charge in [0.05, 0.1) is 33.7 Å². The molecule has 5 heteroatoms. The van der Waals surface area contributed by atoms with Crippen molar-refractivity contribution in [3.05, 3.63) is 48.7 Å². The lowest BCUT2D eigenvalue weighted by molar-refractivity contribution is -0.205. The van der Waals surface area contributed by atoms with Crippen LogP contribution in [0.1, 0.15) is 53.0 Å². The van der Waals surface area contributed by atoms with E-state index in [1.807, 2.05) is 12.3 Å². The maximum atomic E-state index is 7.13. The molecule has 0 saturated carbocycles. The minimum Gasteiger partial charge on any atom is -0.497 e. The summed E-state index contributed by atoms with van der Waals surface area (Å²) in [5.41, 5.74) is 1.88. The molecule has 2 bridgehead atoms. The molecule has 3 saturated heterocycles. The molecule has 3 fully saturated rings. The lowest BCUT2D eigenvalue weighted by atomic mass is 9.64. The van der Waals surface area contributed by atoms with E-state index in [1.165, 1.54) is 12.0 Å². The third-order valence-corrected chi connectivity index (χ3v) is 9.61. The van der Waals surface area contributed by atoms with E-state index >= 15 is 0 Å². The van der Waals surface area contributed by atoms with E-state index in [9.17, 15) is 0 Å². The maximum Gasteiger partial charge on any atom is 0.119 e. The van der Waals surface area contributed by atoms with Crippen LogP contribution >= 0.6 is 0 Å². The molecular weight excluding hydrogens is 400 g/mol. The second-order valence-electron chi connectivity index (χ2n) is 10.9. The van der Waals surface area contributed by atoms with Gasteiger partial charge < -0.3 is 9.47 Å². The predicted molar refractivity (Wildman–Crippen MR) is 132 cm³/mol. The van der Waals surface area contributed by atoms with Crippen molar-refractivity contribution >= 4 is 21.1 Å². The number of nitrogens with zero attached hydrogens (tertiary/aromatic N) is 2. The lowest BCUT2D eigenvalue weighted by Crippen LogP contribution is -2.72. The van der Waals surface area contributed by atoms with E-state index in [-0.39, 0.29) is 11.1 Å². The van der Waals surface area contributed by atoms with Gasteiger partial charge in [0, 0.05) is 29.7 Å². The van der Waals surface area contributed by atoms with Crippen molar-refractivity contribution in [3.8, 4) is 5.75 Å². The van der Waals surface area contributed by atoms with Crippen LogP contribution in [0.4, 0.5) is 0 Å². The van der Waals surface area contributed by atoms with Gasteiger partial charge in [0.2, 0.25) is 0 Å². The Bertz CT molecular complexity index is 987. The summed E-state index contributed by atoms with van der Waals surface area (Å²) >= 11 is 0. The Hall–Kier alpha value is -1.69. The fraction of sp³-hybridized carbons (Fsp3) is 0.577. The van der Waals surface area contributed by atoms with Crippen LogP contribution in [0, 0.1) is 11.8 Å². The quantitative estimate of drug-likeness (QED) is 0.516. The zero-order valence-electron chi connectivity index (χ0n) is 20.2. The van der Waals surface area contributed by atoms with Crippen molar-refractivity contribution in [2.24, 2.45) is 11.8 Å². The van der Waals surface area contributed by atoms with E-state index in [0.717, 1.165) is 39.9 Å². The molecule has 5 rings (SSSR count). The van der Waals surface area contributed by atoms with Crippen LogP contribution in [0.15, 0.2) is 43.1 Å². The SMILES string of the molecule is C=C[C@H]1CN2C(C)C[C@H]1C[C@]2(C)[C@@]([SiH3])(OC(C)(C)C)c1ccnc2ccc(OC)cc12. The summed E-state index contributed by atoms with van der Waals surface area (Å²) < 4.78 is 12.7. The first kappa shape index (κ1) is 22.5. The second kappa shape index (κ2) is 7.71. The average molecular weight is 439 g/mol. The van der Waals surface area contributed by atoms with E-state index in [0.29, 0.717) is 17.9 Å². The highest BCUT2D eigenvalue weighted by Gasteiger charge is 2.59. The molecule has 0 N–H and O–H groups in total. The highest BCUT2D eigenvalue weighted by Crippen LogP contribution is 2.54. The first-order chi connectivity index (χ1) is 14.5. The molecular formula is C26H38N2O2Si. The molecule has 6 atom stereocenters. The van der Waals surface area contributed by atoms with Crippen LogP contribution in [-0.2, 0) is 9.96 Å². The molecule has 0 amide bonds. The van der Waals surface area contributed by atoms with Crippen LogP contribution in [0.3, 0.4) is 0 Å². The van der Waals surface area contributed by atoms with Gasteiger partial charge in [0.1, 0.15) is 5.75 Å². The second-order valence-corrected chi connectivity index (χ2v) is 12.3. The van der Waals surface area contributed by atoms with Crippen LogP contribution in [0.2, 0.25) is 0 Å².